The summed E-state index contributed by atoms with van der Waals surface area (Å²) in [7, 11) is 0. The maximum Gasteiger partial charge on any atom is 0.241 e. The van der Waals surface area contributed by atoms with Gasteiger partial charge in [0.1, 0.15) is 0 Å². The van der Waals surface area contributed by atoms with Gasteiger partial charge in [-0.15, -0.1) is 0 Å². The van der Waals surface area contributed by atoms with Crippen LogP contribution in [-0.2, 0) is 11.2 Å². The molecule has 114 valence electrons. The van der Waals surface area contributed by atoms with Crippen LogP contribution in [0.3, 0.4) is 0 Å². The van der Waals surface area contributed by atoms with E-state index < -0.39 is 5.60 Å². The van der Waals surface area contributed by atoms with Crippen molar-refractivity contribution in [1.82, 2.24) is 4.90 Å². The molecule has 0 radical (unpaired) electrons. The average molecular weight is 288 g/mol. The third-order valence-corrected chi connectivity index (χ3v) is 4.52. The molecule has 0 aliphatic carbocycles. The van der Waals surface area contributed by atoms with E-state index in [1.165, 1.54) is 5.56 Å². The Morgan fingerprint density at radius 3 is 2.90 bits per heavy atom. The monoisotopic (exact) mass is 288 g/mol. The zero-order valence-electron chi connectivity index (χ0n) is 12.7. The first-order valence-corrected chi connectivity index (χ1v) is 7.88. The lowest BCUT2D eigenvalue weighted by Crippen LogP contribution is -2.50. The lowest BCUT2D eigenvalue weighted by Gasteiger charge is -2.38. The van der Waals surface area contributed by atoms with Gasteiger partial charge in [-0.25, -0.2) is 0 Å². The summed E-state index contributed by atoms with van der Waals surface area (Å²) in [6, 6.07) is 8.18. The molecule has 0 aromatic heterocycles. The molecule has 2 heterocycles. The highest BCUT2D eigenvalue weighted by molar-refractivity contribution is 5.95. The first kappa shape index (κ1) is 14.5. The first-order valence-electron chi connectivity index (χ1n) is 7.88. The second-order valence-corrected chi connectivity index (χ2v) is 6.59. The number of rotatable bonds is 2. The molecule has 1 aromatic rings. The number of amides is 1. The summed E-state index contributed by atoms with van der Waals surface area (Å²) in [5.41, 5.74) is 1.68. The van der Waals surface area contributed by atoms with Gasteiger partial charge in [0, 0.05) is 18.8 Å². The van der Waals surface area contributed by atoms with Crippen LogP contribution in [0.2, 0.25) is 0 Å². The number of fused-ring (bicyclic) bond motifs is 1. The summed E-state index contributed by atoms with van der Waals surface area (Å²) in [6.07, 6.45) is 3.86. The Morgan fingerprint density at radius 1 is 1.29 bits per heavy atom. The highest BCUT2D eigenvalue weighted by Gasteiger charge is 2.31. The van der Waals surface area contributed by atoms with Gasteiger partial charge in [0.15, 0.2) is 0 Å². The number of piperidine rings is 1. The number of aliphatic hydroxyl groups is 1. The standard InChI is InChI=1S/C17H24N2O2/c1-17(21)9-5-10-18(13-17)12-16(20)19-11-4-7-14-6-2-3-8-15(14)19/h2-3,6,8,21H,4-5,7,9-13H2,1H3. The number of β-amino-alcohol motifs (C(OH)–C–C–N with tert-alkyl or cyclic N) is 1. The SMILES string of the molecule is CC1(O)CCCN(CC(=O)N2CCCc3ccccc32)C1. The summed E-state index contributed by atoms with van der Waals surface area (Å²) >= 11 is 0. The summed E-state index contributed by atoms with van der Waals surface area (Å²) in [4.78, 5) is 16.6. The molecule has 4 heteroatoms. The van der Waals surface area contributed by atoms with Crippen molar-refractivity contribution in [1.29, 1.82) is 0 Å². The van der Waals surface area contributed by atoms with Crippen molar-refractivity contribution in [2.45, 2.75) is 38.2 Å². The Morgan fingerprint density at radius 2 is 2.10 bits per heavy atom. The Labute approximate surface area is 126 Å². The average Bonchev–Trinajstić information content (AvgIpc) is 2.45. The lowest BCUT2D eigenvalue weighted by atomic mass is 9.95. The third-order valence-electron chi connectivity index (χ3n) is 4.52. The van der Waals surface area contributed by atoms with Gasteiger partial charge in [-0.2, -0.15) is 0 Å². The fraction of sp³-hybridized carbons (Fsp3) is 0.588. The number of likely N-dealkylation sites (tertiary alicyclic amines) is 1. The molecular formula is C17H24N2O2. The van der Waals surface area contributed by atoms with Crippen molar-refractivity contribution >= 4 is 11.6 Å². The van der Waals surface area contributed by atoms with Crippen molar-refractivity contribution in [2.75, 3.05) is 31.1 Å². The van der Waals surface area contributed by atoms with Gasteiger partial charge in [0.2, 0.25) is 5.91 Å². The van der Waals surface area contributed by atoms with Crippen molar-refractivity contribution in [3.05, 3.63) is 29.8 Å². The van der Waals surface area contributed by atoms with E-state index in [-0.39, 0.29) is 5.91 Å². The number of para-hydroxylation sites is 1. The molecule has 1 fully saturated rings. The topological polar surface area (TPSA) is 43.8 Å². The van der Waals surface area contributed by atoms with Gasteiger partial charge in [-0.1, -0.05) is 18.2 Å². The molecule has 4 nitrogen and oxygen atoms in total. The number of hydrogen-bond donors (Lipinski definition) is 1. The fourth-order valence-corrected chi connectivity index (χ4v) is 3.53. The van der Waals surface area contributed by atoms with E-state index in [4.69, 9.17) is 0 Å². The molecule has 1 amide bonds. The number of anilines is 1. The molecule has 0 spiro atoms. The zero-order valence-corrected chi connectivity index (χ0v) is 12.7. The van der Waals surface area contributed by atoms with Gasteiger partial charge >= 0.3 is 0 Å². The minimum atomic E-state index is -0.654. The number of aryl methyl sites for hydroxylation is 1. The predicted molar refractivity (Wildman–Crippen MR) is 83.4 cm³/mol. The van der Waals surface area contributed by atoms with Crippen molar-refractivity contribution in [3.8, 4) is 0 Å². The van der Waals surface area contributed by atoms with E-state index in [1.54, 1.807) is 0 Å². The molecule has 1 saturated heterocycles. The molecule has 2 aliphatic heterocycles. The molecule has 3 rings (SSSR count). The van der Waals surface area contributed by atoms with Crippen LogP contribution in [0.4, 0.5) is 5.69 Å². The molecule has 21 heavy (non-hydrogen) atoms. The third kappa shape index (κ3) is 3.27. The number of hydrogen-bond acceptors (Lipinski definition) is 3. The quantitative estimate of drug-likeness (QED) is 0.902. The number of nitrogens with zero attached hydrogens (tertiary/aromatic N) is 2. The predicted octanol–water partition coefficient (Wildman–Crippen LogP) is 1.81. The van der Waals surface area contributed by atoms with E-state index in [1.807, 2.05) is 30.0 Å². The maximum atomic E-state index is 12.6. The highest BCUT2D eigenvalue weighted by Crippen LogP contribution is 2.27. The van der Waals surface area contributed by atoms with Crippen molar-refractivity contribution < 1.29 is 9.90 Å². The zero-order chi connectivity index (χ0) is 14.9. The van der Waals surface area contributed by atoms with Gasteiger partial charge in [0.05, 0.1) is 12.1 Å². The normalized spacial score (nSPS) is 26.5. The second-order valence-electron chi connectivity index (χ2n) is 6.59. The number of carbonyl (C=O) groups excluding carboxylic acids is 1. The van der Waals surface area contributed by atoms with Crippen LogP contribution >= 0.6 is 0 Å². The van der Waals surface area contributed by atoms with E-state index in [9.17, 15) is 9.90 Å². The van der Waals surface area contributed by atoms with Gasteiger partial charge in [-0.3, -0.25) is 9.69 Å². The van der Waals surface area contributed by atoms with Gasteiger partial charge in [-0.05, 0) is 50.8 Å². The summed E-state index contributed by atoms with van der Waals surface area (Å²) in [5.74, 6) is 0.153. The Hall–Kier alpha value is -1.39. The first-order chi connectivity index (χ1) is 10.1. The van der Waals surface area contributed by atoms with E-state index in [0.29, 0.717) is 13.1 Å². The summed E-state index contributed by atoms with van der Waals surface area (Å²) < 4.78 is 0. The Bertz CT molecular complexity index is 527. The van der Waals surface area contributed by atoms with Crippen LogP contribution in [-0.4, -0.2) is 47.7 Å². The van der Waals surface area contributed by atoms with Gasteiger partial charge in [0.25, 0.3) is 0 Å². The summed E-state index contributed by atoms with van der Waals surface area (Å²) in [5, 5.41) is 10.2. The molecule has 2 aliphatic rings. The molecule has 1 N–H and O–H groups in total. The molecule has 1 aromatic carbocycles. The summed E-state index contributed by atoms with van der Waals surface area (Å²) in [6.45, 7) is 4.57. The van der Waals surface area contributed by atoms with Crippen LogP contribution in [0.5, 0.6) is 0 Å². The minimum absolute atomic E-state index is 0.153. The molecule has 1 unspecified atom stereocenters. The smallest absolute Gasteiger partial charge is 0.241 e. The van der Waals surface area contributed by atoms with Crippen LogP contribution in [0.1, 0.15) is 31.7 Å². The van der Waals surface area contributed by atoms with Crippen LogP contribution < -0.4 is 4.90 Å². The largest absolute Gasteiger partial charge is 0.389 e. The second kappa shape index (κ2) is 5.78. The molecular weight excluding hydrogens is 264 g/mol. The number of benzene rings is 1. The minimum Gasteiger partial charge on any atom is -0.389 e. The van der Waals surface area contributed by atoms with Crippen LogP contribution in [0.15, 0.2) is 24.3 Å². The van der Waals surface area contributed by atoms with Crippen molar-refractivity contribution in [3.63, 3.8) is 0 Å². The van der Waals surface area contributed by atoms with Gasteiger partial charge < -0.3 is 10.0 Å². The Kier molecular flexibility index (Phi) is 4.00. The molecule has 0 bridgehead atoms. The number of carbonyl (C=O) groups is 1. The molecule has 0 saturated carbocycles. The van der Waals surface area contributed by atoms with Crippen molar-refractivity contribution in [2.24, 2.45) is 0 Å². The van der Waals surface area contributed by atoms with E-state index in [0.717, 1.165) is 44.5 Å². The Balaban J connectivity index is 1.69. The fourth-order valence-electron chi connectivity index (χ4n) is 3.53. The van der Waals surface area contributed by atoms with Crippen LogP contribution in [0, 0.1) is 0 Å². The highest BCUT2D eigenvalue weighted by atomic mass is 16.3. The maximum absolute atomic E-state index is 12.6. The lowest BCUT2D eigenvalue weighted by molar-refractivity contribution is -0.121. The van der Waals surface area contributed by atoms with E-state index in [2.05, 4.69) is 11.0 Å². The van der Waals surface area contributed by atoms with Crippen LogP contribution in [0.25, 0.3) is 0 Å². The van der Waals surface area contributed by atoms with E-state index >= 15 is 0 Å². The molecule has 1 atom stereocenters.